The Morgan fingerprint density at radius 1 is 1.50 bits per heavy atom. The van der Waals surface area contributed by atoms with Crippen LogP contribution in [0.25, 0.3) is 0 Å². The highest BCUT2D eigenvalue weighted by Gasteiger charge is 2.24. The second-order valence-electron chi connectivity index (χ2n) is 5.87. The van der Waals surface area contributed by atoms with E-state index in [0.717, 1.165) is 23.4 Å². The molecule has 0 bridgehead atoms. The van der Waals surface area contributed by atoms with Gasteiger partial charge >= 0.3 is 0 Å². The summed E-state index contributed by atoms with van der Waals surface area (Å²) < 4.78 is 5.41. The zero-order chi connectivity index (χ0) is 13.2. The summed E-state index contributed by atoms with van der Waals surface area (Å²) in [6, 6.07) is 0. The monoisotopic (exact) mass is 267 g/mol. The van der Waals surface area contributed by atoms with Crippen LogP contribution in [0.4, 0.5) is 0 Å². The molecule has 18 heavy (non-hydrogen) atoms. The predicted molar refractivity (Wildman–Crippen MR) is 75.8 cm³/mol. The summed E-state index contributed by atoms with van der Waals surface area (Å²) in [6.07, 6.45) is 2.92. The SMILES string of the molecule is Cc1cnc(CNC2=NCC(CC(C)(C)C)S2)o1. The van der Waals surface area contributed by atoms with Gasteiger partial charge in [-0.1, -0.05) is 32.5 Å². The van der Waals surface area contributed by atoms with Gasteiger partial charge in [-0.15, -0.1) is 0 Å². The first kappa shape index (κ1) is 13.5. The van der Waals surface area contributed by atoms with Gasteiger partial charge in [-0.3, -0.25) is 4.99 Å². The average Bonchev–Trinajstić information content (AvgIpc) is 2.82. The normalized spacial score (nSPS) is 20.0. The number of thioether (sulfide) groups is 1. The number of hydrogen-bond donors (Lipinski definition) is 1. The van der Waals surface area contributed by atoms with Crippen LogP contribution in [0.15, 0.2) is 15.6 Å². The summed E-state index contributed by atoms with van der Waals surface area (Å²) in [5.41, 5.74) is 0.363. The lowest BCUT2D eigenvalue weighted by Gasteiger charge is -2.21. The van der Waals surface area contributed by atoms with Crippen molar-refractivity contribution in [3.63, 3.8) is 0 Å². The smallest absolute Gasteiger partial charge is 0.213 e. The van der Waals surface area contributed by atoms with E-state index in [4.69, 9.17) is 4.42 Å². The highest BCUT2D eigenvalue weighted by Crippen LogP contribution is 2.31. The van der Waals surface area contributed by atoms with Gasteiger partial charge in [-0.2, -0.15) is 0 Å². The number of oxazole rings is 1. The molecule has 4 nitrogen and oxygen atoms in total. The molecule has 2 rings (SSSR count). The number of aryl methyl sites for hydroxylation is 1. The van der Waals surface area contributed by atoms with Crippen molar-refractivity contribution in [2.24, 2.45) is 10.4 Å². The molecule has 0 fully saturated rings. The van der Waals surface area contributed by atoms with Crippen molar-refractivity contribution in [2.45, 2.75) is 45.9 Å². The fourth-order valence-electron chi connectivity index (χ4n) is 1.94. The molecule has 1 aliphatic rings. The Morgan fingerprint density at radius 3 is 2.89 bits per heavy atom. The largest absolute Gasteiger partial charge is 0.444 e. The minimum absolute atomic E-state index is 0.363. The number of aromatic nitrogens is 1. The Bertz CT molecular complexity index is 434. The maximum atomic E-state index is 5.41. The maximum absolute atomic E-state index is 5.41. The Morgan fingerprint density at radius 2 is 2.28 bits per heavy atom. The third-order valence-electron chi connectivity index (χ3n) is 2.62. The van der Waals surface area contributed by atoms with Crippen molar-refractivity contribution in [2.75, 3.05) is 6.54 Å². The molecule has 1 N–H and O–H groups in total. The summed E-state index contributed by atoms with van der Waals surface area (Å²) >= 11 is 1.83. The van der Waals surface area contributed by atoms with Crippen LogP contribution < -0.4 is 5.32 Å². The molecule has 0 saturated carbocycles. The minimum Gasteiger partial charge on any atom is -0.444 e. The number of aliphatic imine (C=N–C) groups is 1. The van der Waals surface area contributed by atoms with Crippen molar-refractivity contribution >= 4 is 16.9 Å². The Labute approximate surface area is 113 Å². The van der Waals surface area contributed by atoms with Crippen molar-refractivity contribution in [3.8, 4) is 0 Å². The van der Waals surface area contributed by atoms with E-state index in [1.54, 1.807) is 6.20 Å². The molecule has 0 spiro atoms. The molecular formula is C13H21N3OS. The Hall–Kier alpha value is -0.970. The van der Waals surface area contributed by atoms with Crippen LogP contribution in [0, 0.1) is 12.3 Å². The molecule has 0 amide bonds. The van der Waals surface area contributed by atoms with E-state index in [-0.39, 0.29) is 0 Å². The van der Waals surface area contributed by atoms with Gasteiger partial charge in [0.05, 0.1) is 19.3 Å². The van der Waals surface area contributed by atoms with Gasteiger partial charge in [0, 0.05) is 5.25 Å². The third kappa shape index (κ3) is 4.05. The van der Waals surface area contributed by atoms with Crippen LogP contribution in [0.5, 0.6) is 0 Å². The molecule has 0 radical (unpaired) electrons. The van der Waals surface area contributed by atoms with E-state index in [2.05, 4.69) is 36.1 Å². The summed E-state index contributed by atoms with van der Waals surface area (Å²) in [5.74, 6) is 1.56. The zero-order valence-corrected chi connectivity index (χ0v) is 12.3. The number of rotatable bonds is 3. The van der Waals surface area contributed by atoms with E-state index in [1.165, 1.54) is 6.42 Å². The van der Waals surface area contributed by atoms with Gasteiger partial charge in [0.1, 0.15) is 5.76 Å². The molecule has 2 heterocycles. The summed E-state index contributed by atoms with van der Waals surface area (Å²) in [6.45, 7) is 10.2. The molecule has 100 valence electrons. The van der Waals surface area contributed by atoms with Gasteiger partial charge in [0.25, 0.3) is 0 Å². The molecule has 5 heteroatoms. The van der Waals surface area contributed by atoms with Gasteiger partial charge in [0.15, 0.2) is 5.17 Å². The van der Waals surface area contributed by atoms with Crippen molar-refractivity contribution in [1.82, 2.24) is 10.3 Å². The Kier molecular flexibility index (Phi) is 4.00. The van der Waals surface area contributed by atoms with Gasteiger partial charge in [-0.25, -0.2) is 4.98 Å². The number of nitrogens with zero attached hydrogens (tertiary/aromatic N) is 2. The highest BCUT2D eigenvalue weighted by molar-refractivity contribution is 8.14. The van der Waals surface area contributed by atoms with E-state index < -0.39 is 0 Å². The van der Waals surface area contributed by atoms with Crippen molar-refractivity contribution in [1.29, 1.82) is 0 Å². The second kappa shape index (κ2) is 5.34. The summed E-state index contributed by atoms with van der Waals surface area (Å²) in [7, 11) is 0. The average molecular weight is 267 g/mol. The molecule has 0 aromatic carbocycles. The first-order valence-corrected chi connectivity index (χ1v) is 7.17. The first-order chi connectivity index (χ1) is 8.42. The van der Waals surface area contributed by atoms with Crippen molar-refractivity contribution in [3.05, 3.63) is 17.8 Å². The molecular weight excluding hydrogens is 246 g/mol. The van der Waals surface area contributed by atoms with Crippen molar-refractivity contribution < 1.29 is 4.42 Å². The second-order valence-corrected chi connectivity index (χ2v) is 7.16. The van der Waals surface area contributed by atoms with E-state index in [0.29, 0.717) is 17.2 Å². The van der Waals surface area contributed by atoms with Crippen LogP contribution >= 0.6 is 11.8 Å². The molecule has 1 unspecified atom stereocenters. The fraction of sp³-hybridized carbons (Fsp3) is 0.692. The first-order valence-electron chi connectivity index (χ1n) is 6.29. The standard InChI is InChI=1S/C13H21N3OS/c1-9-6-14-11(17-9)8-16-12-15-7-10(18-12)5-13(2,3)4/h6,10H,5,7-8H2,1-4H3,(H,15,16). The number of nitrogens with one attached hydrogen (secondary N) is 1. The molecule has 0 aliphatic carbocycles. The molecule has 1 atom stereocenters. The van der Waals surface area contributed by atoms with Crippen LogP contribution in [-0.2, 0) is 6.54 Å². The quantitative estimate of drug-likeness (QED) is 0.914. The molecule has 1 aliphatic heterocycles. The predicted octanol–water partition coefficient (Wildman–Crippen LogP) is 2.98. The van der Waals surface area contributed by atoms with Crippen LogP contribution in [0.1, 0.15) is 38.8 Å². The number of amidine groups is 1. The fourth-order valence-corrected chi connectivity index (χ4v) is 3.29. The minimum atomic E-state index is 0.363. The van der Waals surface area contributed by atoms with E-state index in [1.807, 2.05) is 18.7 Å². The van der Waals surface area contributed by atoms with E-state index in [9.17, 15) is 0 Å². The summed E-state index contributed by atoms with van der Waals surface area (Å²) in [5, 5.41) is 4.89. The van der Waals surface area contributed by atoms with Crippen LogP contribution in [0.2, 0.25) is 0 Å². The topological polar surface area (TPSA) is 50.4 Å². The van der Waals surface area contributed by atoms with E-state index >= 15 is 0 Å². The molecule has 1 aromatic heterocycles. The van der Waals surface area contributed by atoms with Gasteiger partial charge < -0.3 is 9.73 Å². The van der Waals surface area contributed by atoms with Crippen LogP contribution in [-0.4, -0.2) is 21.9 Å². The zero-order valence-electron chi connectivity index (χ0n) is 11.5. The third-order valence-corrected chi connectivity index (χ3v) is 3.76. The lowest BCUT2D eigenvalue weighted by Crippen LogP contribution is -2.20. The lowest BCUT2D eigenvalue weighted by molar-refractivity contribution is 0.375. The number of hydrogen-bond acceptors (Lipinski definition) is 5. The molecule has 1 aromatic rings. The summed E-state index contributed by atoms with van der Waals surface area (Å²) in [4.78, 5) is 8.68. The Balaban J connectivity index is 1.76. The van der Waals surface area contributed by atoms with Gasteiger partial charge in [0.2, 0.25) is 5.89 Å². The maximum Gasteiger partial charge on any atom is 0.213 e. The molecule has 0 saturated heterocycles. The van der Waals surface area contributed by atoms with Gasteiger partial charge in [-0.05, 0) is 18.8 Å². The van der Waals surface area contributed by atoms with Crippen LogP contribution in [0.3, 0.4) is 0 Å². The highest BCUT2D eigenvalue weighted by atomic mass is 32.2. The lowest BCUT2D eigenvalue weighted by atomic mass is 9.90.